The largest absolute Gasteiger partial charge is 0.450 e. The Labute approximate surface area is 154 Å². The average Bonchev–Trinajstić information content (AvgIpc) is 2.63. The number of carbonyl (C=O) groups is 2. The van der Waals surface area contributed by atoms with Crippen LogP contribution in [-0.4, -0.2) is 22.9 Å². The van der Waals surface area contributed by atoms with Gasteiger partial charge in [0.2, 0.25) is 6.10 Å². The third kappa shape index (κ3) is 3.67. The predicted molar refractivity (Wildman–Crippen MR) is 91.4 cm³/mol. The Morgan fingerprint density at radius 1 is 1.07 bits per heavy atom. The van der Waals surface area contributed by atoms with Crippen LogP contribution in [0.5, 0.6) is 0 Å². The molecule has 2 aromatic rings. The molecule has 1 aliphatic heterocycles. The summed E-state index contributed by atoms with van der Waals surface area (Å²) in [5, 5.41) is 0. The van der Waals surface area contributed by atoms with Gasteiger partial charge in [-0.3, -0.25) is 9.59 Å². The minimum atomic E-state index is -4.44. The SMILES string of the molecule is CC(=O)O[C@@H]1C(=O)N(C(C)c2ccccc2)C1c1ccc(C(F)(F)F)cc1. The summed E-state index contributed by atoms with van der Waals surface area (Å²) in [6.07, 6.45) is -5.48. The number of likely N-dealkylation sites (tertiary alicyclic amines) is 1. The van der Waals surface area contributed by atoms with E-state index in [0.29, 0.717) is 5.56 Å². The molecule has 1 heterocycles. The van der Waals surface area contributed by atoms with E-state index in [1.54, 1.807) is 0 Å². The van der Waals surface area contributed by atoms with Crippen LogP contribution in [-0.2, 0) is 20.5 Å². The molecular formula is C20H18F3NO3. The third-order valence-electron chi connectivity index (χ3n) is 4.66. The van der Waals surface area contributed by atoms with Crippen molar-refractivity contribution in [3.63, 3.8) is 0 Å². The summed E-state index contributed by atoms with van der Waals surface area (Å²) in [6, 6.07) is 12.9. The molecule has 1 fully saturated rings. The molecular weight excluding hydrogens is 359 g/mol. The number of amides is 1. The molecule has 7 heteroatoms. The predicted octanol–water partition coefficient (Wildman–Crippen LogP) is 4.28. The van der Waals surface area contributed by atoms with Crippen molar-refractivity contribution in [2.45, 2.75) is 38.2 Å². The first-order chi connectivity index (χ1) is 12.7. The van der Waals surface area contributed by atoms with E-state index in [-0.39, 0.29) is 11.9 Å². The number of benzene rings is 2. The standard InChI is InChI=1S/C20H18F3NO3/c1-12(14-6-4-3-5-7-14)24-17(18(19(24)26)27-13(2)25)15-8-10-16(11-9-15)20(21,22)23/h3-12,17-18H,1-2H3/t12?,17?,18-/m0/s1. The number of alkyl halides is 3. The highest BCUT2D eigenvalue weighted by Gasteiger charge is 2.52. The van der Waals surface area contributed by atoms with Gasteiger partial charge < -0.3 is 9.64 Å². The molecule has 3 rings (SSSR count). The highest BCUT2D eigenvalue weighted by Crippen LogP contribution is 2.43. The zero-order chi connectivity index (χ0) is 19.8. The molecule has 0 radical (unpaired) electrons. The topological polar surface area (TPSA) is 46.6 Å². The van der Waals surface area contributed by atoms with Crippen molar-refractivity contribution in [1.82, 2.24) is 4.90 Å². The minimum absolute atomic E-state index is 0.321. The summed E-state index contributed by atoms with van der Waals surface area (Å²) in [7, 11) is 0. The average molecular weight is 377 g/mol. The Morgan fingerprint density at radius 3 is 2.19 bits per heavy atom. The first-order valence-corrected chi connectivity index (χ1v) is 8.41. The van der Waals surface area contributed by atoms with E-state index in [1.807, 2.05) is 37.3 Å². The molecule has 27 heavy (non-hydrogen) atoms. The summed E-state index contributed by atoms with van der Waals surface area (Å²) in [5.74, 6) is -0.983. The lowest BCUT2D eigenvalue weighted by Crippen LogP contribution is -2.60. The van der Waals surface area contributed by atoms with Crippen molar-refractivity contribution in [2.24, 2.45) is 0 Å². The molecule has 0 aromatic heterocycles. The van der Waals surface area contributed by atoms with Crippen LogP contribution in [0.1, 0.15) is 42.6 Å². The van der Waals surface area contributed by atoms with Gasteiger partial charge in [0, 0.05) is 6.92 Å². The van der Waals surface area contributed by atoms with Gasteiger partial charge in [0.25, 0.3) is 5.91 Å². The van der Waals surface area contributed by atoms with E-state index in [1.165, 1.54) is 24.0 Å². The summed E-state index contributed by atoms with van der Waals surface area (Å²) in [4.78, 5) is 25.5. The lowest BCUT2D eigenvalue weighted by molar-refractivity contribution is -0.186. The van der Waals surface area contributed by atoms with Crippen molar-refractivity contribution in [1.29, 1.82) is 0 Å². The van der Waals surface area contributed by atoms with Crippen molar-refractivity contribution in [3.8, 4) is 0 Å². The molecule has 4 nitrogen and oxygen atoms in total. The molecule has 0 bridgehead atoms. The second kappa shape index (κ2) is 7.06. The number of carbonyl (C=O) groups excluding carboxylic acids is 2. The summed E-state index contributed by atoms with van der Waals surface area (Å²) in [5.41, 5.74) is 0.587. The lowest BCUT2D eigenvalue weighted by atomic mass is 9.87. The van der Waals surface area contributed by atoms with E-state index in [9.17, 15) is 22.8 Å². The number of hydrogen-bond donors (Lipinski definition) is 0. The molecule has 142 valence electrons. The molecule has 1 amide bonds. The fourth-order valence-corrected chi connectivity index (χ4v) is 3.31. The zero-order valence-corrected chi connectivity index (χ0v) is 14.7. The number of rotatable bonds is 4. The van der Waals surface area contributed by atoms with Crippen LogP contribution >= 0.6 is 0 Å². The molecule has 0 spiro atoms. The van der Waals surface area contributed by atoms with Gasteiger partial charge in [-0.15, -0.1) is 0 Å². The van der Waals surface area contributed by atoms with Crippen LogP contribution in [0.15, 0.2) is 54.6 Å². The maximum atomic E-state index is 12.8. The van der Waals surface area contributed by atoms with Crippen molar-refractivity contribution in [2.75, 3.05) is 0 Å². The number of ether oxygens (including phenoxy) is 1. The highest BCUT2D eigenvalue weighted by molar-refractivity contribution is 5.91. The second-order valence-electron chi connectivity index (χ2n) is 6.43. The fourth-order valence-electron chi connectivity index (χ4n) is 3.31. The van der Waals surface area contributed by atoms with Crippen LogP contribution in [0.2, 0.25) is 0 Å². The molecule has 0 N–H and O–H groups in total. The third-order valence-corrected chi connectivity index (χ3v) is 4.66. The van der Waals surface area contributed by atoms with Gasteiger partial charge in [0.05, 0.1) is 11.6 Å². The summed E-state index contributed by atoms with van der Waals surface area (Å²) in [6.45, 7) is 3.02. The molecule has 1 aliphatic rings. The fraction of sp³-hybridized carbons (Fsp3) is 0.300. The lowest BCUT2D eigenvalue weighted by Gasteiger charge is -2.49. The Bertz CT molecular complexity index is 834. The molecule has 2 aromatic carbocycles. The van der Waals surface area contributed by atoms with Crippen molar-refractivity contribution >= 4 is 11.9 Å². The van der Waals surface area contributed by atoms with Gasteiger partial charge in [0.1, 0.15) is 6.04 Å². The molecule has 1 saturated heterocycles. The van der Waals surface area contributed by atoms with E-state index in [4.69, 9.17) is 4.74 Å². The van der Waals surface area contributed by atoms with Crippen LogP contribution in [0, 0.1) is 0 Å². The van der Waals surface area contributed by atoms with E-state index >= 15 is 0 Å². The smallest absolute Gasteiger partial charge is 0.416 e. The minimum Gasteiger partial charge on any atom is -0.450 e. The number of halogens is 3. The Balaban J connectivity index is 1.93. The van der Waals surface area contributed by atoms with E-state index in [0.717, 1.165) is 17.7 Å². The van der Waals surface area contributed by atoms with Gasteiger partial charge in [-0.1, -0.05) is 42.5 Å². The summed E-state index contributed by atoms with van der Waals surface area (Å²) < 4.78 is 43.6. The molecule has 2 unspecified atom stereocenters. The van der Waals surface area contributed by atoms with Crippen molar-refractivity contribution in [3.05, 3.63) is 71.3 Å². The van der Waals surface area contributed by atoms with Crippen LogP contribution in [0.3, 0.4) is 0 Å². The Kier molecular flexibility index (Phi) is 4.95. The number of β-lactam (4-membered cyclic amide) rings is 1. The van der Waals surface area contributed by atoms with Crippen LogP contribution < -0.4 is 0 Å². The molecule has 3 atom stereocenters. The number of esters is 1. The van der Waals surface area contributed by atoms with Crippen LogP contribution in [0.4, 0.5) is 13.2 Å². The monoisotopic (exact) mass is 377 g/mol. The van der Waals surface area contributed by atoms with Crippen molar-refractivity contribution < 1.29 is 27.5 Å². The highest BCUT2D eigenvalue weighted by atomic mass is 19.4. The number of nitrogens with zero attached hydrogens (tertiary/aromatic N) is 1. The first-order valence-electron chi connectivity index (χ1n) is 8.41. The summed E-state index contributed by atoms with van der Waals surface area (Å²) >= 11 is 0. The molecule has 0 aliphatic carbocycles. The first kappa shape index (κ1) is 18.9. The van der Waals surface area contributed by atoms with Gasteiger partial charge in [-0.05, 0) is 30.2 Å². The van der Waals surface area contributed by atoms with Gasteiger partial charge in [-0.2, -0.15) is 13.2 Å². The zero-order valence-electron chi connectivity index (χ0n) is 14.7. The Hall–Kier alpha value is -2.83. The maximum Gasteiger partial charge on any atom is 0.416 e. The van der Waals surface area contributed by atoms with E-state index < -0.39 is 29.9 Å². The van der Waals surface area contributed by atoms with Gasteiger partial charge in [0.15, 0.2) is 0 Å². The quantitative estimate of drug-likeness (QED) is 0.590. The van der Waals surface area contributed by atoms with E-state index in [2.05, 4.69) is 0 Å². The van der Waals surface area contributed by atoms with Gasteiger partial charge >= 0.3 is 12.1 Å². The maximum absolute atomic E-state index is 12.8. The Morgan fingerprint density at radius 2 is 1.67 bits per heavy atom. The number of hydrogen-bond acceptors (Lipinski definition) is 3. The second-order valence-corrected chi connectivity index (χ2v) is 6.43. The van der Waals surface area contributed by atoms with Gasteiger partial charge in [-0.25, -0.2) is 0 Å². The molecule has 0 saturated carbocycles. The normalized spacial score (nSPS) is 20.8. The van der Waals surface area contributed by atoms with Crippen LogP contribution in [0.25, 0.3) is 0 Å².